The summed E-state index contributed by atoms with van der Waals surface area (Å²) >= 11 is 0. The first-order chi connectivity index (χ1) is 13.5. The number of alkyl halides is 3. The van der Waals surface area contributed by atoms with Gasteiger partial charge in [-0.3, -0.25) is 0 Å². The molecule has 1 aliphatic carbocycles. The Morgan fingerprint density at radius 1 is 1.14 bits per heavy atom. The molecule has 6 nitrogen and oxygen atoms in total. The first kappa shape index (κ1) is 20.9. The van der Waals surface area contributed by atoms with Crippen molar-refractivity contribution < 1.29 is 22.7 Å². The topological polar surface area (TPSA) is 76.1 Å². The van der Waals surface area contributed by atoms with Gasteiger partial charge in [0.15, 0.2) is 0 Å². The van der Waals surface area contributed by atoms with E-state index in [1.807, 2.05) is 39.0 Å². The molecule has 0 spiro atoms. The summed E-state index contributed by atoms with van der Waals surface area (Å²) in [5.41, 5.74) is 1.48. The number of fused-ring (bicyclic) bond motifs is 1. The van der Waals surface area contributed by atoms with Gasteiger partial charge in [0, 0.05) is 24.1 Å². The molecule has 1 aliphatic rings. The molecule has 0 radical (unpaired) electrons. The van der Waals surface area contributed by atoms with Gasteiger partial charge in [-0.1, -0.05) is 6.07 Å². The van der Waals surface area contributed by atoms with E-state index < -0.39 is 23.4 Å². The Morgan fingerprint density at radius 3 is 2.45 bits per heavy atom. The minimum Gasteiger partial charge on any atom is -0.444 e. The Hall–Kier alpha value is -2.84. The van der Waals surface area contributed by atoms with Crippen LogP contribution in [0, 0.1) is 0 Å². The van der Waals surface area contributed by atoms with Crippen LogP contribution in [0.4, 0.5) is 29.6 Å². The molecule has 2 N–H and O–H groups in total. The quantitative estimate of drug-likeness (QED) is 0.775. The SMILES string of the molecule is CC(C)(C)OC(=O)N[C@H]1CCc2cc(Nc3ncc(C(F)(F)F)cn3)ccc2C1. The molecule has 0 bridgehead atoms. The Balaban J connectivity index is 1.62. The van der Waals surface area contributed by atoms with Crippen molar-refractivity contribution >= 4 is 17.7 Å². The van der Waals surface area contributed by atoms with Gasteiger partial charge < -0.3 is 15.4 Å². The summed E-state index contributed by atoms with van der Waals surface area (Å²) in [6, 6.07) is 5.68. The maximum Gasteiger partial charge on any atom is 0.419 e. The first-order valence-corrected chi connectivity index (χ1v) is 9.27. The van der Waals surface area contributed by atoms with Crippen LogP contribution in [0.1, 0.15) is 43.9 Å². The number of hydrogen-bond donors (Lipinski definition) is 2. The number of anilines is 2. The van der Waals surface area contributed by atoms with E-state index in [0.29, 0.717) is 12.1 Å². The molecule has 0 saturated heterocycles. The molecule has 0 saturated carbocycles. The van der Waals surface area contributed by atoms with E-state index in [4.69, 9.17) is 4.74 Å². The second kappa shape index (κ2) is 7.88. The van der Waals surface area contributed by atoms with Crippen molar-refractivity contribution in [1.82, 2.24) is 15.3 Å². The van der Waals surface area contributed by atoms with Gasteiger partial charge in [-0.15, -0.1) is 0 Å². The van der Waals surface area contributed by atoms with Crippen molar-refractivity contribution in [3.63, 3.8) is 0 Å². The number of rotatable bonds is 3. The number of hydrogen-bond acceptors (Lipinski definition) is 5. The summed E-state index contributed by atoms with van der Waals surface area (Å²) in [4.78, 5) is 19.4. The fourth-order valence-corrected chi connectivity index (χ4v) is 3.10. The molecule has 1 aromatic carbocycles. The number of halogens is 3. The summed E-state index contributed by atoms with van der Waals surface area (Å²) in [7, 11) is 0. The van der Waals surface area contributed by atoms with Crippen molar-refractivity contribution in [2.45, 2.75) is 57.9 Å². The number of carbonyl (C=O) groups excluding carboxylic acids is 1. The zero-order valence-electron chi connectivity index (χ0n) is 16.4. The Bertz CT molecular complexity index is 877. The van der Waals surface area contributed by atoms with Gasteiger partial charge in [-0.05, 0) is 63.3 Å². The van der Waals surface area contributed by atoms with Crippen LogP contribution in [0.25, 0.3) is 0 Å². The van der Waals surface area contributed by atoms with E-state index in [9.17, 15) is 18.0 Å². The smallest absolute Gasteiger partial charge is 0.419 e. The predicted octanol–water partition coefficient (Wildman–Crippen LogP) is 4.62. The van der Waals surface area contributed by atoms with Crippen molar-refractivity contribution in [3.8, 4) is 0 Å². The average molecular weight is 408 g/mol. The molecule has 1 amide bonds. The summed E-state index contributed by atoms with van der Waals surface area (Å²) < 4.78 is 43.1. The van der Waals surface area contributed by atoms with Crippen LogP contribution in [0.5, 0.6) is 0 Å². The lowest BCUT2D eigenvalue weighted by atomic mass is 9.88. The van der Waals surface area contributed by atoms with Gasteiger partial charge in [0.2, 0.25) is 5.95 Å². The van der Waals surface area contributed by atoms with Gasteiger partial charge in [-0.2, -0.15) is 13.2 Å². The first-order valence-electron chi connectivity index (χ1n) is 9.27. The zero-order valence-corrected chi connectivity index (χ0v) is 16.4. The third-order valence-electron chi connectivity index (χ3n) is 4.39. The van der Waals surface area contributed by atoms with E-state index in [2.05, 4.69) is 20.6 Å². The lowest BCUT2D eigenvalue weighted by Crippen LogP contribution is -2.41. The maximum atomic E-state index is 12.6. The summed E-state index contributed by atoms with van der Waals surface area (Å²) in [6.45, 7) is 5.45. The highest BCUT2D eigenvalue weighted by Gasteiger charge is 2.31. The molecule has 156 valence electrons. The molecule has 1 heterocycles. The monoisotopic (exact) mass is 408 g/mol. The van der Waals surface area contributed by atoms with E-state index in [1.165, 1.54) is 0 Å². The second-order valence-electron chi connectivity index (χ2n) is 7.99. The van der Waals surface area contributed by atoms with Gasteiger partial charge in [0.25, 0.3) is 0 Å². The third kappa shape index (κ3) is 5.82. The Morgan fingerprint density at radius 2 is 1.83 bits per heavy atom. The Kier molecular flexibility index (Phi) is 5.68. The van der Waals surface area contributed by atoms with E-state index >= 15 is 0 Å². The minimum absolute atomic E-state index is 0.00518. The molecular weight excluding hydrogens is 385 g/mol. The van der Waals surface area contributed by atoms with E-state index in [0.717, 1.165) is 36.4 Å². The molecule has 1 atom stereocenters. The van der Waals surface area contributed by atoms with E-state index in [1.54, 1.807) is 0 Å². The molecule has 29 heavy (non-hydrogen) atoms. The largest absolute Gasteiger partial charge is 0.444 e. The molecule has 0 unspecified atom stereocenters. The molecule has 3 rings (SSSR count). The standard InChI is InChI=1S/C20H23F3N4O2/c1-19(2,3)29-18(28)27-16-7-5-12-8-15(6-4-13(12)9-16)26-17-24-10-14(11-25-17)20(21,22)23/h4,6,8,10-11,16H,5,7,9H2,1-3H3,(H,27,28)(H,24,25,26)/t16-/m0/s1. The minimum atomic E-state index is -4.46. The van der Waals surface area contributed by atoms with Crippen LogP contribution in [-0.2, 0) is 23.8 Å². The van der Waals surface area contributed by atoms with Crippen LogP contribution < -0.4 is 10.6 Å². The summed E-state index contributed by atoms with van der Waals surface area (Å²) in [5, 5.41) is 5.82. The number of aryl methyl sites for hydroxylation is 1. The van der Waals surface area contributed by atoms with E-state index in [-0.39, 0.29) is 12.0 Å². The van der Waals surface area contributed by atoms with Crippen molar-refractivity contribution in [1.29, 1.82) is 0 Å². The predicted molar refractivity (Wildman–Crippen MR) is 102 cm³/mol. The zero-order chi connectivity index (χ0) is 21.2. The normalized spacial score (nSPS) is 16.7. The number of nitrogens with zero attached hydrogens (tertiary/aromatic N) is 2. The second-order valence-corrected chi connectivity index (χ2v) is 7.99. The number of carbonyl (C=O) groups is 1. The van der Waals surface area contributed by atoms with Crippen LogP contribution in [0.3, 0.4) is 0 Å². The molecular formula is C20H23F3N4O2. The lowest BCUT2D eigenvalue weighted by Gasteiger charge is -2.27. The fraction of sp³-hybridized carbons (Fsp3) is 0.450. The highest BCUT2D eigenvalue weighted by molar-refractivity contribution is 5.68. The van der Waals surface area contributed by atoms with Crippen LogP contribution in [-0.4, -0.2) is 27.7 Å². The van der Waals surface area contributed by atoms with Crippen LogP contribution >= 0.6 is 0 Å². The number of aromatic nitrogens is 2. The molecule has 0 aliphatic heterocycles. The number of ether oxygens (including phenoxy) is 1. The summed E-state index contributed by atoms with van der Waals surface area (Å²) in [6.07, 6.45) is -1.17. The fourth-order valence-electron chi connectivity index (χ4n) is 3.10. The number of benzene rings is 1. The third-order valence-corrected chi connectivity index (χ3v) is 4.39. The van der Waals surface area contributed by atoms with Gasteiger partial charge >= 0.3 is 12.3 Å². The number of alkyl carbamates (subject to hydrolysis) is 1. The molecule has 0 fully saturated rings. The van der Waals surface area contributed by atoms with Gasteiger partial charge in [0.1, 0.15) is 5.60 Å². The van der Waals surface area contributed by atoms with Crippen LogP contribution in [0.15, 0.2) is 30.6 Å². The molecule has 2 aromatic rings. The van der Waals surface area contributed by atoms with Gasteiger partial charge in [-0.25, -0.2) is 14.8 Å². The van der Waals surface area contributed by atoms with Crippen molar-refractivity contribution in [2.75, 3.05) is 5.32 Å². The number of nitrogens with one attached hydrogen (secondary N) is 2. The highest BCUT2D eigenvalue weighted by Crippen LogP contribution is 2.29. The highest BCUT2D eigenvalue weighted by atomic mass is 19.4. The maximum absolute atomic E-state index is 12.6. The molecule has 1 aromatic heterocycles. The van der Waals surface area contributed by atoms with Gasteiger partial charge in [0.05, 0.1) is 5.56 Å². The van der Waals surface area contributed by atoms with Crippen molar-refractivity contribution in [2.24, 2.45) is 0 Å². The average Bonchev–Trinajstić information content (AvgIpc) is 2.60. The van der Waals surface area contributed by atoms with Crippen LogP contribution in [0.2, 0.25) is 0 Å². The lowest BCUT2D eigenvalue weighted by molar-refractivity contribution is -0.138. The van der Waals surface area contributed by atoms with Crippen molar-refractivity contribution in [3.05, 3.63) is 47.3 Å². The number of amides is 1. The Labute approximate surface area is 166 Å². The molecule has 9 heteroatoms. The summed E-state index contributed by atoms with van der Waals surface area (Å²) in [5.74, 6) is 0.0956.